The lowest BCUT2D eigenvalue weighted by molar-refractivity contribution is -0.141. The van der Waals surface area contributed by atoms with Gasteiger partial charge in [-0.25, -0.2) is 4.79 Å². The summed E-state index contributed by atoms with van der Waals surface area (Å²) in [5.41, 5.74) is 6.12. The Morgan fingerprint density at radius 3 is 2.33 bits per heavy atom. The predicted octanol–water partition coefficient (Wildman–Crippen LogP) is 2.49. The van der Waals surface area contributed by atoms with Crippen LogP contribution in [0, 0.1) is 5.92 Å². The second kappa shape index (κ2) is 8.45. The number of hydrogen-bond acceptors (Lipinski definition) is 4. The molecule has 5 amide bonds. The number of hydrogen-bond donors (Lipinski definition) is 2. The summed E-state index contributed by atoms with van der Waals surface area (Å²) in [7, 11) is 0. The SMILES string of the molecule is NC(=O)c1ccc(NC(=O)CN2C(=O)N(C3CCCCC3)C(=O)C3CCCC32)cc1. The number of nitrogens with one attached hydrogen (secondary N) is 1. The van der Waals surface area contributed by atoms with E-state index in [1.807, 2.05) is 0 Å². The van der Waals surface area contributed by atoms with Gasteiger partial charge in [-0.1, -0.05) is 25.7 Å². The minimum absolute atomic E-state index is 0.0481. The Bertz CT molecular complexity index is 847. The van der Waals surface area contributed by atoms with Gasteiger partial charge in [0.1, 0.15) is 6.54 Å². The van der Waals surface area contributed by atoms with E-state index in [0.29, 0.717) is 11.3 Å². The van der Waals surface area contributed by atoms with Crippen molar-refractivity contribution in [3.63, 3.8) is 0 Å². The van der Waals surface area contributed by atoms with Crippen molar-refractivity contribution in [1.29, 1.82) is 0 Å². The summed E-state index contributed by atoms with van der Waals surface area (Å²) in [5.74, 6) is -1.11. The van der Waals surface area contributed by atoms with Gasteiger partial charge in [-0.05, 0) is 49.9 Å². The van der Waals surface area contributed by atoms with Crippen LogP contribution in [0.2, 0.25) is 0 Å². The van der Waals surface area contributed by atoms with E-state index in [2.05, 4.69) is 5.32 Å². The number of amides is 5. The van der Waals surface area contributed by atoms with Crippen LogP contribution in [0.4, 0.5) is 10.5 Å². The fraction of sp³-hybridized carbons (Fsp3) is 0.545. The Morgan fingerprint density at radius 1 is 0.967 bits per heavy atom. The van der Waals surface area contributed by atoms with Gasteiger partial charge >= 0.3 is 6.03 Å². The first-order valence-corrected chi connectivity index (χ1v) is 10.8. The lowest BCUT2D eigenvalue weighted by atomic mass is 9.90. The molecule has 3 fully saturated rings. The van der Waals surface area contributed by atoms with Gasteiger partial charge in [0, 0.05) is 23.3 Å². The molecule has 0 radical (unpaired) electrons. The summed E-state index contributed by atoms with van der Waals surface area (Å²) in [6.07, 6.45) is 7.30. The Morgan fingerprint density at radius 2 is 1.67 bits per heavy atom. The van der Waals surface area contributed by atoms with Crippen molar-refractivity contribution in [3.05, 3.63) is 29.8 Å². The fourth-order valence-electron chi connectivity index (χ4n) is 5.09. The number of nitrogens with two attached hydrogens (primary N) is 1. The summed E-state index contributed by atoms with van der Waals surface area (Å²) < 4.78 is 0. The van der Waals surface area contributed by atoms with E-state index in [1.54, 1.807) is 29.2 Å². The standard InChI is InChI=1S/C22H28N4O4/c23-20(28)14-9-11-15(12-10-14)24-19(27)13-25-18-8-4-7-17(18)21(29)26(22(25)30)16-5-2-1-3-6-16/h9-12,16-18H,1-8,13H2,(H2,23,28)(H,24,27). The molecule has 30 heavy (non-hydrogen) atoms. The highest BCUT2D eigenvalue weighted by Gasteiger charge is 2.50. The number of primary amides is 1. The Hall–Kier alpha value is -2.90. The van der Waals surface area contributed by atoms with Crippen molar-refractivity contribution in [2.24, 2.45) is 11.7 Å². The first-order valence-electron chi connectivity index (χ1n) is 10.8. The number of imide groups is 1. The van der Waals surface area contributed by atoms with E-state index < -0.39 is 5.91 Å². The topological polar surface area (TPSA) is 113 Å². The van der Waals surface area contributed by atoms with E-state index in [-0.39, 0.29) is 42.4 Å². The van der Waals surface area contributed by atoms with E-state index in [0.717, 1.165) is 51.4 Å². The van der Waals surface area contributed by atoms with Crippen LogP contribution in [0.5, 0.6) is 0 Å². The predicted molar refractivity (Wildman–Crippen MR) is 111 cm³/mol. The quantitative estimate of drug-likeness (QED) is 0.773. The molecule has 2 saturated carbocycles. The fourth-order valence-corrected chi connectivity index (χ4v) is 5.09. The van der Waals surface area contributed by atoms with Crippen LogP contribution in [-0.2, 0) is 9.59 Å². The summed E-state index contributed by atoms with van der Waals surface area (Å²) in [6, 6.07) is 5.72. The molecular formula is C22H28N4O4. The first kappa shape index (κ1) is 20.4. The Kier molecular flexibility index (Phi) is 5.74. The van der Waals surface area contributed by atoms with Gasteiger partial charge < -0.3 is 16.0 Å². The van der Waals surface area contributed by atoms with Crippen molar-refractivity contribution >= 4 is 29.4 Å². The largest absolute Gasteiger partial charge is 0.366 e. The molecule has 2 atom stereocenters. The van der Waals surface area contributed by atoms with Crippen molar-refractivity contribution in [3.8, 4) is 0 Å². The maximum atomic E-state index is 13.3. The number of nitrogens with zero attached hydrogens (tertiary/aromatic N) is 2. The van der Waals surface area contributed by atoms with E-state index in [4.69, 9.17) is 5.73 Å². The van der Waals surface area contributed by atoms with Crippen molar-refractivity contribution in [2.45, 2.75) is 63.5 Å². The molecule has 1 saturated heterocycles. The van der Waals surface area contributed by atoms with E-state index >= 15 is 0 Å². The van der Waals surface area contributed by atoms with Gasteiger partial charge in [-0.15, -0.1) is 0 Å². The van der Waals surface area contributed by atoms with Gasteiger partial charge in [0.05, 0.1) is 5.92 Å². The molecule has 1 aromatic carbocycles. The van der Waals surface area contributed by atoms with Gasteiger partial charge in [-0.2, -0.15) is 0 Å². The minimum Gasteiger partial charge on any atom is -0.366 e. The van der Waals surface area contributed by atoms with Crippen molar-refractivity contribution < 1.29 is 19.2 Å². The monoisotopic (exact) mass is 412 g/mol. The van der Waals surface area contributed by atoms with Crippen LogP contribution in [0.25, 0.3) is 0 Å². The number of benzene rings is 1. The Labute approximate surface area is 175 Å². The van der Waals surface area contributed by atoms with Crippen molar-refractivity contribution in [2.75, 3.05) is 11.9 Å². The zero-order valence-corrected chi connectivity index (χ0v) is 17.0. The molecule has 3 N–H and O–H groups in total. The summed E-state index contributed by atoms with van der Waals surface area (Å²) in [4.78, 5) is 53.3. The second-order valence-electron chi connectivity index (χ2n) is 8.51. The number of urea groups is 1. The first-order chi connectivity index (χ1) is 14.5. The molecule has 2 aliphatic carbocycles. The molecule has 0 spiro atoms. The zero-order valence-electron chi connectivity index (χ0n) is 17.0. The minimum atomic E-state index is -0.536. The summed E-state index contributed by atoms with van der Waals surface area (Å²) in [6.45, 7) is -0.0892. The molecule has 160 valence electrons. The number of carbonyl (C=O) groups is 4. The molecule has 1 heterocycles. The zero-order chi connectivity index (χ0) is 21.3. The average molecular weight is 412 g/mol. The average Bonchev–Trinajstić information content (AvgIpc) is 3.23. The highest BCUT2D eigenvalue weighted by Crippen LogP contribution is 2.38. The van der Waals surface area contributed by atoms with Crippen LogP contribution in [0.3, 0.4) is 0 Å². The Balaban J connectivity index is 1.48. The van der Waals surface area contributed by atoms with Crippen LogP contribution in [0.1, 0.15) is 61.7 Å². The van der Waals surface area contributed by atoms with Gasteiger partial charge in [0.15, 0.2) is 0 Å². The maximum absolute atomic E-state index is 13.3. The third-order valence-corrected chi connectivity index (χ3v) is 6.59. The number of anilines is 1. The molecule has 1 aromatic rings. The van der Waals surface area contributed by atoms with Crippen LogP contribution >= 0.6 is 0 Å². The molecule has 0 bridgehead atoms. The smallest absolute Gasteiger partial charge is 0.327 e. The molecule has 1 aliphatic heterocycles. The third-order valence-electron chi connectivity index (χ3n) is 6.59. The van der Waals surface area contributed by atoms with Gasteiger partial charge in [-0.3, -0.25) is 19.3 Å². The number of carbonyl (C=O) groups excluding carboxylic acids is 4. The molecule has 3 aliphatic rings. The lowest BCUT2D eigenvalue weighted by Crippen LogP contribution is -2.64. The molecule has 8 heteroatoms. The van der Waals surface area contributed by atoms with Gasteiger partial charge in [0.25, 0.3) is 0 Å². The molecule has 4 rings (SSSR count). The summed E-state index contributed by atoms with van der Waals surface area (Å²) in [5, 5.41) is 2.77. The maximum Gasteiger partial charge on any atom is 0.327 e. The molecular weight excluding hydrogens is 384 g/mol. The third kappa shape index (κ3) is 3.91. The van der Waals surface area contributed by atoms with E-state index in [1.165, 1.54) is 4.90 Å². The second-order valence-corrected chi connectivity index (χ2v) is 8.51. The van der Waals surface area contributed by atoms with Crippen LogP contribution in [0.15, 0.2) is 24.3 Å². The highest BCUT2D eigenvalue weighted by molar-refractivity contribution is 6.02. The normalized spacial score (nSPS) is 24.7. The molecule has 8 nitrogen and oxygen atoms in total. The van der Waals surface area contributed by atoms with Gasteiger partial charge in [0.2, 0.25) is 17.7 Å². The number of fused-ring (bicyclic) bond motifs is 1. The summed E-state index contributed by atoms with van der Waals surface area (Å²) >= 11 is 0. The lowest BCUT2D eigenvalue weighted by Gasteiger charge is -2.45. The molecule has 2 unspecified atom stereocenters. The van der Waals surface area contributed by atoms with E-state index in [9.17, 15) is 19.2 Å². The van der Waals surface area contributed by atoms with Crippen molar-refractivity contribution in [1.82, 2.24) is 9.80 Å². The number of rotatable bonds is 5. The molecule has 0 aromatic heterocycles. The van der Waals surface area contributed by atoms with Crippen LogP contribution < -0.4 is 11.1 Å². The highest BCUT2D eigenvalue weighted by atomic mass is 16.2. The van der Waals surface area contributed by atoms with Crippen LogP contribution in [-0.4, -0.2) is 52.2 Å².